The van der Waals surface area contributed by atoms with Crippen LogP contribution in [0.25, 0.3) is 5.65 Å². The number of nitrogens with one attached hydrogen (secondary N) is 1. The Morgan fingerprint density at radius 2 is 1.93 bits per heavy atom. The van der Waals surface area contributed by atoms with Crippen molar-refractivity contribution in [2.24, 2.45) is 0 Å². The minimum Gasteiger partial charge on any atom is -0.444 e. The Balaban J connectivity index is 1.51. The monoisotopic (exact) mass is 412 g/mol. The predicted octanol–water partition coefficient (Wildman–Crippen LogP) is 2.82. The SMILES string of the molecule is C=C1CCN(c2cnc3c(N4CCN(C(=O)OC(C)(C)C)CC4)cccn23)C(=O)N1. The molecule has 0 aliphatic carbocycles. The summed E-state index contributed by atoms with van der Waals surface area (Å²) in [5.74, 6) is 0.726. The predicted molar refractivity (Wildman–Crippen MR) is 115 cm³/mol. The number of amides is 3. The summed E-state index contributed by atoms with van der Waals surface area (Å²) in [6.07, 6.45) is 4.06. The van der Waals surface area contributed by atoms with Crippen molar-refractivity contribution in [3.63, 3.8) is 0 Å². The lowest BCUT2D eigenvalue weighted by Crippen LogP contribution is -2.50. The van der Waals surface area contributed by atoms with Gasteiger partial charge in [0.15, 0.2) is 5.65 Å². The quantitative estimate of drug-likeness (QED) is 0.820. The van der Waals surface area contributed by atoms with Crippen molar-refractivity contribution in [1.82, 2.24) is 19.6 Å². The van der Waals surface area contributed by atoms with Gasteiger partial charge in [0.2, 0.25) is 0 Å². The van der Waals surface area contributed by atoms with Crippen molar-refractivity contribution >= 4 is 29.3 Å². The molecule has 0 unspecified atom stereocenters. The van der Waals surface area contributed by atoms with Gasteiger partial charge in [-0.05, 0) is 32.9 Å². The average molecular weight is 412 g/mol. The van der Waals surface area contributed by atoms with Gasteiger partial charge in [-0.1, -0.05) is 6.58 Å². The van der Waals surface area contributed by atoms with Crippen LogP contribution in [0.3, 0.4) is 0 Å². The molecule has 2 aliphatic rings. The van der Waals surface area contributed by atoms with Crippen molar-refractivity contribution in [2.45, 2.75) is 32.8 Å². The van der Waals surface area contributed by atoms with Gasteiger partial charge in [-0.2, -0.15) is 0 Å². The summed E-state index contributed by atoms with van der Waals surface area (Å²) in [4.78, 5) is 34.9. The molecular weight excluding hydrogens is 384 g/mol. The van der Waals surface area contributed by atoms with Crippen LogP contribution in [0.15, 0.2) is 36.8 Å². The van der Waals surface area contributed by atoms with Crippen LogP contribution in [0, 0.1) is 0 Å². The second kappa shape index (κ2) is 7.55. The molecule has 4 rings (SSSR count). The highest BCUT2D eigenvalue weighted by atomic mass is 16.6. The third kappa shape index (κ3) is 3.92. The average Bonchev–Trinajstić information content (AvgIpc) is 3.11. The fraction of sp³-hybridized carbons (Fsp3) is 0.476. The van der Waals surface area contributed by atoms with E-state index in [-0.39, 0.29) is 12.1 Å². The molecule has 2 aromatic heterocycles. The first-order valence-corrected chi connectivity index (χ1v) is 10.2. The van der Waals surface area contributed by atoms with Crippen LogP contribution in [0.5, 0.6) is 0 Å². The summed E-state index contributed by atoms with van der Waals surface area (Å²) in [5, 5.41) is 2.78. The summed E-state index contributed by atoms with van der Waals surface area (Å²) >= 11 is 0. The Morgan fingerprint density at radius 1 is 1.20 bits per heavy atom. The maximum atomic E-state index is 12.4. The fourth-order valence-electron chi connectivity index (χ4n) is 3.73. The molecule has 0 aromatic carbocycles. The number of aromatic nitrogens is 2. The van der Waals surface area contributed by atoms with Gasteiger partial charge in [0, 0.05) is 51.0 Å². The summed E-state index contributed by atoms with van der Waals surface area (Å²) in [6.45, 7) is 12.6. The number of pyridine rings is 1. The van der Waals surface area contributed by atoms with Crippen LogP contribution in [0.4, 0.5) is 21.1 Å². The van der Waals surface area contributed by atoms with Crippen LogP contribution in [0.2, 0.25) is 0 Å². The van der Waals surface area contributed by atoms with Gasteiger partial charge in [0.1, 0.15) is 11.4 Å². The number of nitrogens with zero attached hydrogens (tertiary/aromatic N) is 5. The smallest absolute Gasteiger partial charge is 0.410 e. The van der Waals surface area contributed by atoms with Gasteiger partial charge in [0.25, 0.3) is 0 Å². The van der Waals surface area contributed by atoms with E-state index in [0.29, 0.717) is 39.1 Å². The highest BCUT2D eigenvalue weighted by Gasteiger charge is 2.28. The molecule has 4 heterocycles. The number of urea groups is 1. The van der Waals surface area contributed by atoms with Crippen LogP contribution < -0.4 is 15.1 Å². The normalized spacial score (nSPS) is 18.0. The second-order valence-electron chi connectivity index (χ2n) is 8.59. The zero-order valence-electron chi connectivity index (χ0n) is 17.7. The number of rotatable bonds is 2. The molecule has 0 spiro atoms. The minimum absolute atomic E-state index is 0.190. The lowest BCUT2D eigenvalue weighted by molar-refractivity contribution is 0.0240. The molecule has 0 saturated carbocycles. The van der Waals surface area contributed by atoms with Gasteiger partial charge in [0.05, 0.1) is 11.9 Å². The van der Waals surface area contributed by atoms with Gasteiger partial charge < -0.3 is 19.9 Å². The number of anilines is 2. The molecule has 2 aliphatic heterocycles. The van der Waals surface area contributed by atoms with Gasteiger partial charge in [-0.25, -0.2) is 14.6 Å². The first kappa shape index (κ1) is 20.1. The van der Waals surface area contributed by atoms with Crippen molar-refractivity contribution < 1.29 is 14.3 Å². The van der Waals surface area contributed by atoms with Gasteiger partial charge >= 0.3 is 12.1 Å². The summed E-state index contributed by atoms with van der Waals surface area (Å²) < 4.78 is 7.41. The van der Waals surface area contributed by atoms with Gasteiger partial charge in [-0.15, -0.1) is 0 Å². The van der Waals surface area contributed by atoms with E-state index in [1.807, 2.05) is 43.5 Å². The topological polar surface area (TPSA) is 82.4 Å². The number of hydrogen-bond acceptors (Lipinski definition) is 5. The Bertz CT molecular complexity index is 984. The lowest BCUT2D eigenvalue weighted by Gasteiger charge is -2.36. The van der Waals surface area contributed by atoms with Crippen molar-refractivity contribution in [3.8, 4) is 0 Å². The first-order chi connectivity index (χ1) is 14.2. The molecule has 160 valence electrons. The number of carbonyl (C=O) groups excluding carboxylic acids is 2. The largest absolute Gasteiger partial charge is 0.444 e. The molecular formula is C21H28N6O3. The molecule has 2 saturated heterocycles. The Morgan fingerprint density at radius 3 is 2.60 bits per heavy atom. The van der Waals surface area contributed by atoms with Crippen LogP contribution >= 0.6 is 0 Å². The first-order valence-electron chi connectivity index (χ1n) is 10.2. The van der Waals surface area contributed by atoms with Crippen LogP contribution in [-0.4, -0.2) is 64.7 Å². The third-order valence-electron chi connectivity index (χ3n) is 5.21. The van der Waals surface area contributed by atoms with E-state index in [0.717, 1.165) is 22.8 Å². The highest BCUT2D eigenvalue weighted by molar-refractivity contribution is 5.94. The minimum atomic E-state index is -0.501. The standard InChI is InChI=1S/C21H28N6O3/c1-15-7-9-27(19(28)23-15)17-14-22-18-16(6-5-8-26(17)18)24-10-12-25(13-11-24)20(29)30-21(2,3)4/h5-6,8,14H,1,7,9-13H2,2-4H3,(H,23,28). The Kier molecular flexibility index (Phi) is 5.05. The molecule has 0 atom stereocenters. The molecule has 2 aromatic rings. The summed E-state index contributed by atoms with van der Waals surface area (Å²) in [6, 6.07) is 3.78. The number of piperazine rings is 1. The van der Waals surface area contributed by atoms with E-state index in [1.165, 1.54) is 0 Å². The van der Waals surface area contributed by atoms with E-state index in [1.54, 1.807) is 16.0 Å². The summed E-state index contributed by atoms with van der Waals surface area (Å²) in [5.41, 5.74) is 2.00. The van der Waals surface area contributed by atoms with Gasteiger partial charge in [-0.3, -0.25) is 9.30 Å². The Labute approximate surface area is 175 Å². The van der Waals surface area contributed by atoms with E-state index >= 15 is 0 Å². The molecule has 30 heavy (non-hydrogen) atoms. The molecule has 9 heteroatoms. The number of carbonyl (C=O) groups is 2. The maximum absolute atomic E-state index is 12.4. The molecule has 1 N–H and O–H groups in total. The fourth-order valence-corrected chi connectivity index (χ4v) is 3.73. The Hall–Kier alpha value is -3.23. The van der Waals surface area contributed by atoms with Crippen molar-refractivity contribution in [2.75, 3.05) is 42.5 Å². The lowest BCUT2D eigenvalue weighted by atomic mass is 10.2. The second-order valence-corrected chi connectivity index (χ2v) is 8.59. The molecule has 0 radical (unpaired) electrons. The van der Waals surface area contributed by atoms with Crippen molar-refractivity contribution in [1.29, 1.82) is 0 Å². The zero-order valence-corrected chi connectivity index (χ0v) is 17.7. The van der Waals surface area contributed by atoms with E-state index < -0.39 is 5.60 Å². The number of ether oxygens (including phenoxy) is 1. The number of hydrogen-bond donors (Lipinski definition) is 1. The van der Waals surface area contributed by atoms with E-state index in [4.69, 9.17) is 4.74 Å². The summed E-state index contributed by atoms with van der Waals surface area (Å²) in [7, 11) is 0. The molecule has 2 fully saturated rings. The van der Waals surface area contributed by atoms with E-state index in [2.05, 4.69) is 21.8 Å². The zero-order chi connectivity index (χ0) is 21.5. The molecule has 3 amide bonds. The van der Waals surface area contributed by atoms with Crippen LogP contribution in [0.1, 0.15) is 27.2 Å². The number of imidazole rings is 1. The maximum Gasteiger partial charge on any atom is 0.410 e. The van der Waals surface area contributed by atoms with Crippen molar-refractivity contribution in [3.05, 3.63) is 36.8 Å². The third-order valence-corrected chi connectivity index (χ3v) is 5.21. The highest BCUT2D eigenvalue weighted by Crippen LogP contribution is 2.27. The molecule has 9 nitrogen and oxygen atoms in total. The number of fused-ring (bicyclic) bond motifs is 1. The molecule has 0 bridgehead atoms. The van der Waals surface area contributed by atoms with Crippen LogP contribution in [-0.2, 0) is 4.74 Å². The van der Waals surface area contributed by atoms with E-state index in [9.17, 15) is 9.59 Å².